The van der Waals surface area contributed by atoms with Crippen molar-refractivity contribution in [3.8, 4) is 0 Å². The lowest BCUT2D eigenvalue weighted by atomic mass is 10.1. The molecule has 0 aliphatic heterocycles. The first-order valence-corrected chi connectivity index (χ1v) is 14.3. The van der Waals surface area contributed by atoms with E-state index in [0.29, 0.717) is 12.1 Å². The van der Waals surface area contributed by atoms with E-state index in [1.807, 2.05) is 65.0 Å². The van der Waals surface area contributed by atoms with Crippen LogP contribution in [0.3, 0.4) is 0 Å². The Kier molecular flexibility index (Phi) is 9.69. The molecule has 0 unspecified atom stereocenters. The van der Waals surface area contributed by atoms with Crippen molar-refractivity contribution in [3.63, 3.8) is 0 Å². The molecule has 0 aliphatic rings. The molecule has 202 valence electrons. The monoisotopic (exact) mass is 535 g/mol. The van der Waals surface area contributed by atoms with Crippen LogP contribution in [-0.4, -0.2) is 43.8 Å². The molecule has 38 heavy (non-hydrogen) atoms. The summed E-state index contributed by atoms with van der Waals surface area (Å²) in [5.74, 6) is -0.728. The number of anilines is 1. The van der Waals surface area contributed by atoms with Gasteiger partial charge in [-0.2, -0.15) is 0 Å². The highest BCUT2D eigenvalue weighted by atomic mass is 32.2. The zero-order valence-corrected chi connectivity index (χ0v) is 23.5. The van der Waals surface area contributed by atoms with E-state index in [9.17, 15) is 18.0 Å². The summed E-state index contributed by atoms with van der Waals surface area (Å²) in [6, 6.07) is 22.0. The SMILES string of the molecule is CC[C@@H](C(=O)NC(C)C)N(Cc1ccc(C)cc1)C(=O)CN(c1cccc(C)c1)S(=O)(=O)c1ccccc1. The third-order valence-electron chi connectivity index (χ3n) is 6.19. The molecule has 3 rings (SSSR count). The van der Waals surface area contributed by atoms with Gasteiger partial charge in [0.05, 0.1) is 10.6 Å². The standard InChI is InChI=1S/C30H37N3O4S/c1-6-28(30(35)31-22(2)3)32(20-25-17-15-23(4)16-18-25)29(34)21-33(26-12-10-11-24(5)19-26)38(36,37)27-13-8-7-9-14-27/h7-19,22,28H,6,20-21H2,1-5H3,(H,31,35)/t28-/m0/s1. The Morgan fingerprint density at radius 1 is 0.868 bits per heavy atom. The van der Waals surface area contributed by atoms with Gasteiger partial charge < -0.3 is 10.2 Å². The molecule has 0 radical (unpaired) electrons. The molecule has 8 heteroatoms. The number of hydrogen-bond donors (Lipinski definition) is 1. The fourth-order valence-corrected chi connectivity index (χ4v) is 5.65. The second kappa shape index (κ2) is 12.7. The quantitative estimate of drug-likeness (QED) is 0.381. The summed E-state index contributed by atoms with van der Waals surface area (Å²) in [6.07, 6.45) is 0.381. The Morgan fingerprint density at radius 3 is 2.11 bits per heavy atom. The van der Waals surface area contributed by atoms with Gasteiger partial charge in [-0.3, -0.25) is 13.9 Å². The third kappa shape index (κ3) is 7.22. The Morgan fingerprint density at radius 2 is 1.53 bits per heavy atom. The highest BCUT2D eigenvalue weighted by molar-refractivity contribution is 7.92. The van der Waals surface area contributed by atoms with E-state index < -0.39 is 28.5 Å². The van der Waals surface area contributed by atoms with E-state index >= 15 is 0 Å². The second-order valence-corrected chi connectivity index (χ2v) is 11.6. The van der Waals surface area contributed by atoms with Crippen molar-refractivity contribution in [2.75, 3.05) is 10.8 Å². The maximum absolute atomic E-state index is 14.0. The number of aryl methyl sites for hydroxylation is 2. The maximum atomic E-state index is 14.0. The third-order valence-corrected chi connectivity index (χ3v) is 7.98. The summed E-state index contributed by atoms with van der Waals surface area (Å²) in [7, 11) is -4.06. The zero-order chi connectivity index (χ0) is 27.9. The van der Waals surface area contributed by atoms with Crippen molar-refractivity contribution < 1.29 is 18.0 Å². The summed E-state index contributed by atoms with van der Waals surface area (Å²) >= 11 is 0. The molecule has 0 aromatic heterocycles. The maximum Gasteiger partial charge on any atom is 0.264 e. The number of nitrogens with one attached hydrogen (secondary N) is 1. The van der Waals surface area contributed by atoms with Gasteiger partial charge in [-0.25, -0.2) is 8.42 Å². The fraction of sp³-hybridized carbons (Fsp3) is 0.333. The molecule has 0 fully saturated rings. The Labute approximate surface area is 226 Å². The summed E-state index contributed by atoms with van der Waals surface area (Å²) in [5, 5.41) is 2.91. The van der Waals surface area contributed by atoms with Gasteiger partial charge in [0.1, 0.15) is 12.6 Å². The van der Waals surface area contributed by atoms with Crippen molar-refractivity contribution in [3.05, 3.63) is 95.6 Å². The molecule has 2 amide bonds. The van der Waals surface area contributed by atoms with Crippen molar-refractivity contribution in [1.82, 2.24) is 10.2 Å². The van der Waals surface area contributed by atoms with Crippen molar-refractivity contribution in [2.24, 2.45) is 0 Å². The predicted octanol–water partition coefficient (Wildman–Crippen LogP) is 4.83. The minimum absolute atomic E-state index is 0.0870. The van der Waals surface area contributed by atoms with Gasteiger partial charge in [0.2, 0.25) is 11.8 Å². The van der Waals surface area contributed by atoms with Crippen LogP contribution in [0, 0.1) is 13.8 Å². The molecule has 0 aliphatic carbocycles. The number of sulfonamides is 1. The van der Waals surface area contributed by atoms with Gasteiger partial charge in [0.25, 0.3) is 10.0 Å². The Bertz CT molecular complexity index is 1340. The molecule has 0 saturated heterocycles. The largest absolute Gasteiger partial charge is 0.352 e. The van der Waals surface area contributed by atoms with Crippen LogP contribution >= 0.6 is 0 Å². The summed E-state index contributed by atoms with van der Waals surface area (Å²) in [4.78, 5) is 28.7. The number of hydrogen-bond acceptors (Lipinski definition) is 4. The average Bonchev–Trinajstić information content (AvgIpc) is 2.88. The molecule has 3 aromatic carbocycles. The normalized spacial score (nSPS) is 12.2. The van der Waals surface area contributed by atoms with Gasteiger partial charge in [-0.15, -0.1) is 0 Å². The molecule has 7 nitrogen and oxygen atoms in total. The first-order valence-electron chi connectivity index (χ1n) is 12.8. The zero-order valence-electron chi connectivity index (χ0n) is 22.7. The van der Waals surface area contributed by atoms with E-state index in [1.54, 1.807) is 36.4 Å². The van der Waals surface area contributed by atoms with Crippen molar-refractivity contribution in [2.45, 2.75) is 64.6 Å². The number of rotatable bonds is 11. The first kappa shape index (κ1) is 28.9. The van der Waals surface area contributed by atoms with Crippen LogP contribution in [-0.2, 0) is 26.2 Å². The highest BCUT2D eigenvalue weighted by Crippen LogP contribution is 2.25. The predicted molar refractivity (Wildman–Crippen MR) is 151 cm³/mol. The van der Waals surface area contributed by atoms with E-state index in [2.05, 4.69) is 5.32 Å². The van der Waals surface area contributed by atoms with Crippen molar-refractivity contribution >= 4 is 27.5 Å². The number of nitrogens with zero attached hydrogens (tertiary/aromatic N) is 2. The number of amides is 2. The fourth-order valence-electron chi connectivity index (χ4n) is 4.22. The van der Waals surface area contributed by atoms with Crippen LogP contribution < -0.4 is 9.62 Å². The molecule has 0 bridgehead atoms. The number of benzene rings is 3. The molecular formula is C30H37N3O4S. The van der Waals surface area contributed by atoms with E-state index in [0.717, 1.165) is 21.0 Å². The van der Waals surface area contributed by atoms with Crippen molar-refractivity contribution in [1.29, 1.82) is 0 Å². The Hall–Kier alpha value is -3.65. The average molecular weight is 536 g/mol. The molecule has 3 aromatic rings. The van der Waals surface area contributed by atoms with E-state index in [-0.39, 0.29) is 23.4 Å². The summed E-state index contributed by atoms with van der Waals surface area (Å²) in [6.45, 7) is 9.15. The second-order valence-electron chi connectivity index (χ2n) is 9.76. The van der Waals surface area contributed by atoms with Gasteiger partial charge in [-0.05, 0) is 69.5 Å². The van der Waals surface area contributed by atoms with Crippen LogP contribution in [0.25, 0.3) is 0 Å². The van der Waals surface area contributed by atoms with Crippen LogP contribution in [0.15, 0.2) is 83.8 Å². The number of carbonyl (C=O) groups excluding carboxylic acids is 2. The molecule has 1 N–H and O–H groups in total. The highest BCUT2D eigenvalue weighted by Gasteiger charge is 2.33. The molecular weight excluding hydrogens is 498 g/mol. The minimum Gasteiger partial charge on any atom is -0.352 e. The van der Waals surface area contributed by atoms with Gasteiger partial charge in [0, 0.05) is 12.6 Å². The topological polar surface area (TPSA) is 86.8 Å². The van der Waals surface area contributed by atoms with Crippen LogP contribution in [0.5, 0.6) is 0 Å². The summed E-state index contributed by atoms with van der Waals surface area (Å²) in [5.41, 5.74) is 3.18. The molecule has 0 saturated carbocycles. The van der Waals surface area contributed by atoms with E-state index in [4.69, 9.17) is 0 Å². The lowest BCUT2D eigenvalue weighted by molar-refractivity contribution is -0.140. The van der Waals surface area contributed by atoms with E-state index in [1.165, 1.54) is 17.0 Å². The minimum atomic E-state index is -4.06. The van der Waals surface area contributed by atoms with Gasteiger partial charge in [-0.1, -0.05) is 67.1 Å². The van der Waals surface area contributed by atoms with Gasteiger partial charge >= 0.3 is 0 Å². The van der Waals surface area contributed by atoms with Gasteiger partial charge in [0.15, 0.2) is 0 Å². The molecule has 0 heterocycles. The number of carbonyl (C=O) groups is 2. The van der Waals surface area contributed by atoms with Crippen LogP contribution in [0.2, 0.25) is 0 Å². The summed E-state index contributed by atoms with van der Waals surface area (Å²) < 4.78 is 28.7. The van der Waals surface area contributed by atoms with Crippen LogP contribution in [0.4, 0.5) is 5.69 Å². The smallest absolute Gasteiger partial charge is 0.264 e. The van der Waals surface area contributed by atoms with Crippen LogP contribution in [0.1, 0.15) is 43.9 Å². The Balaban J connectivity index is 2.05. The molecule has 0 spiro atoms. The lowest BCUT2D eigenvalue weighted by Gasteiger charge is -2.33. The molecule has 1 atom stereocenters. The lowest BCUT2D eigenvalue weighted by Crippen LogP contribution is -2.53. The first-order chi connectivity index (χ1) is 18.0.